The van der Waals surface area contributed by atoms with E-state index in [4.69, 9.17) is 16.3 Å². The smallest absolute Gasteiger partial charge is 0.338 e. The molecule has 1 amide bonds. The fourth-order valence-electron chi connectivity index (χ4n) is 2.41. The van der Waals surface area contributed by atoms with Crippen molar-refractivity contribution < 1.29 is 18.3 Å². The maximum Gasteiger partial charge on any atom is 0.338 e. The molecule has 0 fully saturated rings. The first-order valence-corrected chi connectivity index (χ1v) is 10.2. The van der Waals surface area contributed by atoms with Crippen molar-refractivity contribution >= 4 is 47.6 Å². The average Bonchev–Trinajstić information content (AvgIpc) is 2.74. The van der Waals surface area contributed by atoms with E-state index in [0.29, 0.717) is 17.8 Å². The summed E-state index contributed by atoms with van der Waals surface area (Å²) in [6.07, 6.45) is 0.805. The number of anilines is 1. The van der Waals surface area contributed by atoms with Crippen LogP contribution in [0.15, 0.2) is 58.9 Å². The van der Waals surface area contributed by atoms with E-state index in [2.05, 4.69) is 21.7 Å². The number of amides is 1. The number of rotatable bonds is 11. The van der Waals surface area contributed by atoms with Crippen LogP contribution < -0.4 is 14.8 Å². The van der Waals surface area contributed by atoms with Crippen LogP contribution in [0.1, 0.15) is 17.5 Å². The molecule has 0 atom stereocenters. The Morgan fingerprint density at radius 2 is 1.90 bits per heavy atom. The molecular formula is C21H22ClF2N3O2S. The standard InChI is InChI=1S/C21H22ClF2N3O2S/c1-25-19(16-6-10-18(29-2)11-7-16)13-30-27-20(28)12-5-15-3-8-17(9-4-15)26-14-21(22,23)24/h3-4,6-11,13,26H,1,5,12,14H2,2H3,(H,27,28)/b19-13-. The third-order valence-electron chi connectivity index (χ3n) is 3.99. The van der Waals surface area contributed by atoms with Crippen molar-refractivity contribution in [3.05, 3.63) is 65.1 Å². The second-order valence-electron chi connectivity index (χ2n) is 6.20. The fourth-order valence-corrected chi connectivity index (χ4v) is 3.09. The minimum atomic E-state index is -3.29. The van der Waals surface area contributed by atoms with Crippen LogP contribution in [0.4, 0.5) is 14.5 Å². The molecular weight excluding hydrogens is 432 g/mol. The Bertz CT molecular complexity index is 869. The number of ether oxygens (including phenoxy) is 1. The van der Waals surface area contributed by atoms with Gasteiger partial charge in [0.25, 0.3) is 0 Å². The Labute approximate surface area is 183 Å². The number of carbonyl (C=O) groups excluding carboxylic acids is 1. The van der Waals surface area contributed by atoms with Gasteiger partial charge in [0.05, 0.1) is 19.4 Å². The zero-order valence-corrected chi connectivity index (χ0v) is 17.9. The minimum Gasteiger partial charge on any atom is -0.497 e. The zero-order chi connectivity index (χ0) is 22.0. The Balaban J connectivity index is 1.78. The predicted molar refractivity (Wildman–Crippen MR) is 120 cm³/mol. The van der Waals surface area contributed by atoms with Gasteiger partial charge in [0.15, 0.2) is 0 Å². The zero-order valence-electron chi connectivity index (χ0n) is 16.3. The average molecular weight is 454 g/mol. The van der Waals surface area contributed by atoms with E-state index in [0.717, 1.165) is 28.8 Å². The van der Waals surface area contributed by atoms with E-state index < -0.39 is 11.9 Å². The topological polar surface area (TPSA) is 62.7 Å². The summed E-state index contributed by atoms with van der Waals surface area (Å²) in [5.41, 5.74) is 2.94. The van der Waals surface area contributed by atoms with Gasteiger partial charge in [-0.25, -0.2) is 0 Å². The van der Waals surface area contributed by atoms with Gasteiger partial charge in [-0.05, 0) is 78.6 Å². The predicted octanol–water partition coefficient (Wildman–Crippen LogP) is 5.33. The summed E-state index contributed by atoms with van der Waals surface area (Å²) in [5, 5.41) is 0.962. The lowest BCUT2D eigenvalue weighted by atomic mass is 10.1. The first kappa shape index (κ1) is 23.7. The Morgan fingerprint density at radius 1 is 1.23 bits per heavy atom. The summed E-state index contributed by atoms with van der Waals surface area (Å²) in [5.74, 6) is 0.599. The number of carbonyl (C=O) groups is 1. The maximum absolute atomic E-state index is 12.6. The van der Waals surface area contributed by atoms with Crippen LogP contribution in [0.5, 0.6) is 5.75 Å². The lowest BCUT2D eigenvalue weighted by Gasteiger charge is -2.11. The third-order valence-corrected chi connectivity index (χ3v) is 4.81. The lowest BCUT2D eigenvalue weighted by Crippen LogP contribution is -2.20. The van der Waals surface area contributed by atoms with Crippen LogP contribution in [0, 0.1) is 0 Å². The summed E-state index contributed by atoms with van der Waals surface area (Å²) in [6.45, 7) is 2.90. The molecule has 0 aromatic heterocycles. The number of nitrogens with one attached hydrogen (secondary N) is 2. The van der Waals surface area contributed by atoms with E-state index in [9.17, 15) is 13.6 Å². The van der Waals surface area contributed by atoms with Gasteiger partial charge in [-0.1, -0.05) is 12.1 Å². The van der Waals surface area contributed by atoms with Crippen LogP contribution in [-0.2, 0) is 11.2 Å². The van der Waals surface area contributed by atoms with Crippen molar-refractivity contribution in [1.29, 1.82) is 0 Å². The molecule has 2 aromatic carbocycles. The van der Waals surface area contributed by atoms with Crippen LogP contribution in [0.2, 0.25) is 0 Å². The van der Waals surface area contributed by atoms with E-state index in [1.807, 2.05) is 24.3 Å². The van der Waals surface area contributed by atoms with E-state index in [1.54, 1.807) is 36.8 Å². The van der Waals surface area contributed by atoms with Crippen LogP contribution >= 0.6 is 23.5 Å². The number of aliphatic imine (C=N–C) groups is 1. The van der Waals surface area contributed by atoms with Crippen molar-refractivity contribution in [2.24, 2.45) is 4.99 Å². The van der Waals surface area contributed by atoms with Gasteiger partial charge in [0.1, 0.15) is 5.75 Å². The molecule has 0 heterocycles. The van der Waals surface area contributed by atoms with Gasteiger partial charge in [0.2, 0.25) is 5.91 Å². The number of nitrogens with zero attached hydrogens (tertiary/aromatic N) is 1. The SMILES string of the molecule is C=N/C(=C\SNC(=O)CCc1ccc(NCC(F)(F)Cl)cc1)c1ccc(OC)cc1. The Hall–Kier alpha value is -2.58. The first-order chi connectivity index (χ1) is 14.3. The van der Waals surface area contributed by atoms with E-state index in [1.165, 1.54) is 0 Å². The number of hydrogen-bond acceptors (Lipinski definition) is 5. The second kappa shape index (κ2) is 11.6. The quantitative estimate of drug-likeness (QED) is 0.274. The highest BCUT2D eigenvalue weighted by molar-refractivity contribution is 8.00. The number of methoxy groups -OCH3 is 1. The minimum absolute atomic E-state index is 0.140. The van der Waals surface area contributed by atoms with Gasteiger partial charge >= 0.3 is 5.38 Å². The highest BCUT2D eigenvalue weighted by Crippen LogP contribution is 2.22. The molecule has 2 aromatic rings. The van der Waals surface area contributed by atoms with Gasteiger partial charge in [-0.2, -0.15) is 8.78 Å². The normalized spacial score (nSPS) is 11.7. The molecule has 0 spiro atoms. The molecule has 160 valence electrons. The van der Waals surface area contributed by atoms with Gasteiger partial charge in [-0.15, -0.1) is 0 Å². The van der Waals surface area contributed by atoms with E-state index in [-0.39, 0.29) is 12.3 Å². The Kier molecular flexibility index (Phi) is 9.14. The lowest BCUT2D eigenvalue weighted by molar-refractivity contribution is -0.119. The fraction of sp³-hybridized carbons (Fsp3) is 0.238. The van der Waals surface area contributed by atoms with Crippen molar-refractivity contribution in [2.45, 2.75) is 18.2 Å². The van der Waals surface area contributed by atoms with Crippen molar-refractivity contribution in [3.63, 3.8) is 0 Å². The molecule has 0 aliphatic heterocycles. The molecule has 9 heteroatoms. The summed E-state index contributed by atoms with van der Waals surface area (Å²) in [4.78, 5) is 16.0. The molecule has 0 radical (unpaired) electrons. The molecule has 0 saturated carbocycles. The molecule has 2 rings (SSSR count). The van der Waals surface area contributed by atoms with E-state index >= 15 is 0 Å². The Morgan fingerprint density at radius 3 is 2.47 bits per heavy atom. The van der Waals surface area contributed by atoms with Gasteiger partial charge in [0, 0.05) is 23.1 Å². The highest BCUT2D eigenvalue weighted by atomic mass is 35.5. The molecule has 0 saturated heterocycles. The largest absolute Gasteiger partial charge is 0.497 e. The first-order valence-electron chi connectivity index (χ1n) is 8.96. The monoisotopic (exact) mass is 453 g/mol. The van der Waals surface area contributed by atoms with Crippen LogP contribution in [-0.4, -0.2) is 31.7 Å². The molecule has 0 aliphatic rings. The maximum atomic E-state index is 12.6. The number of halogens is 3. The van der Waals surface area contributed by atoms with Crippen LogP contribution in [0.3, 0.4) is 0 Å². The van der Waals surface area contributed by atoms with Gasteiger partial charge in [-0.3, -0.25) is 14.5 Å². The summed E-state index contributed by atoms with van der Waals surface area (Å²) in [6, 6.07) is 14.2. The summed E-state index contributed by atoms with van der Waals surface area (Å²) in [7, 11) is 1.59. The molecule has 2 N–H and O–H groups in total. The molecule has 0 unspecified atom stereocenters. The van der Waals surface area contributed by atoms with Crippen LogP contribution in [0.25, 0.3) is 5.70 Å². The molecule has 0 bridgehead atoms. The van der Waals surface area contributed by atoms with Crippen molar-refractivity contribution in [1.82, 2.24) is 4.72 Å². The summed E-state index contributed by atoms with van der Waals surface area (Å²) < 4.78 is 33.1. The molecule has 30 heavy (non-hydrogen) atoms. The van der Waals surface area contributed by atoms with Gasteiger partial charge < -0.3 is 10.1 Å². The van der Waals surface area contributed by atoms with Crippen molar-refractivity contribution in [2.75, 3.05) is 19.0 Å². The number of alkyl halides is 3. The third kappa shape index (κ3) is 8.42. The second-order valence-corrected chi connectivity index (χ2v) is 7.43. The highest BCUT2D eigenvalue weighted by Gasteiger charge is 2.23. The molecule has 0 aliphatic carbocycles. The summed E-state index contributed by atoms with van der Waals surface area (Å²) >= 11 is 5.98. The van der Waals surface area contributed by atoms with Crippen molar-refractivity contribution in [3.8, 4) is 5.75 Å². The molecule has 5 nitrogen and oxygen atoms in total. The number of hydrogen-bond donors (Lipinski definition) is 2. The number of benzene rings is 2. The number of aryl methyl sites for hydroxylation is 1.